The molecule has 0 aromatic heterocycles. The lowest BCUT2D eigenvalue weighted by molar-refractivity contribution is -0.167. The molecule has 0 spiro atoms. The zero-order chi connectivity index (χ0) is 53.6. The van der Waals surface area contributed by atoms with Crippen LogP contribution in [0.3, 0.4) is 0 Å². The molecular formula is C68H114O6. The number of carbonyl (C=O) groups is 3. The Balaban J connectivity index is 4.13. The molecule has 1 unspecified atom stereocenters. The second-order valence-corrected chi connectivity index (χ2v) is 20.2. The molecule has 74 heavy (non-hydrogen) atoms. The lowest BCUT2D eigenvalue weighted by Gasteiger charge is -2.18. The van der Waals surface area contributed by atoms with Crippen LogP contribution in [0, 0.1) is 0 Å². The minimum absolute atomic E-state index is 0.0803. The van der Waals surface area contributed by atoms with Crippen molar-refractivity contribution in [2.24, 2.45) is 0 Å². The Bertz CT molecular complexity index is 1510. The van der Waals surface area contributed by atoms with Crippen LogP contribution in [0.15, 0.2) is 109 Å². The summed E-state index contributed by atoms with van der Waals surface area (Å²) >= 11 is 0. The number of hydrogen-bond acceptors (Lipinski definition) is 6. The van der Waals surface area contributed by atoms with Crippen molar-refractivity contribution in [2.75, 3.05) is 13.2 Å². The number of rotatable bonds is 55. The highest BCUT2D eigenvalue weighted by Gasteiger charge is 2.19. The molecule has 0 aliphatic rings. The number of hydrogen-bond donors (Lipinski definition) is 0. The van der Waals surface area contributed by atoms with Crippen molar-refractivity contribution >= 4 is 17.9 Å². The highest BCUT2D eigenvalue weighted by Crippen LogP contribution is 2.16. The Kier molecular flexibility index (Phi) is 58.3. The van der Waals surface area contributed by atoms with E-state index < -0.39 is 6.10 Å². The lowest BCUT2D eigenvalue weighted by atomic mass is 10.0. The van der Waals surface area contributed by atoms with Gasteiger partial charge in [0, 0.05) is 19.3 Å². The van der Waals surface area contributed by atoms with E-state index in [1.807, 2.05) is 0 Å². The molecule has 0 fully saturated rings. The average Bonchev–Trinajstić information content (AvgIpc) is 3.40. The van der Waals surface area contributed by atoms with Gasteiger partial charge in [-0.3, -0.25) is 14.4 Å². The minimum atomic E-state index is -0.780. The first-order chi connectivity index (χ1) is 36.5. The van der Waals surface area contributed by atoms with Gasteiger partial charge in [-0.15, -0.1) is 0 Å². The summed E-state index contributed by atoms with van der Waals surface area (Å²) in [6, 6.07) is 0. The molecule has 0 rings (SSSR count). The predicted octanol–water partition coefficient (Wildman–Crippen LogP) is 21.0. The molecule has 0 aliphatic heterocycles. The van der Waals surface area contributed by atoms with E-state index in [-0.39, 0.29) is 31.1 Å². The van der Waals surface area contributed by atoms with Crippen LogP contribution in [0.2, 0.25) is 0 Å². The minimum Gasteiger partial charge on any atom is -0.462 e. The fourth-order valence-electron chi connectivity index (χ4n) is 8.46. The van der Waals surface area contributed by atoms with Gasteiger partial charge in [-0.2, -0.15) is 0 Å². The quantitative estimate of drug-likeness (QED) is 0.0261. The van der Waals surface area contributed by atoms with E-state index in [4.69, 9.17) is 14.2 Å². The van der Waals surface area contributed by atoms with Crippen LogP contribution in [0.1, 0.15) is 284 Å². The van der Waals surface area contributed by atoms with Gasteiger partial charge in [-0.05, 0) is 103 Å². The summed E-state index contributed by atoms with van der Waals surface area (Å²) in [6.45, 7) is 6.36. The van der Waals surface area contributed by atoms with Gasteiger partial charge >= 0.3 is 17.9 Å². The average molecular weight is 1030 g/mol. The molecule has 1 atom stereocenters. The number of allylic oxidation sites excluding steroid dienone is 18. The maximum Gasteiger partial charge on any atom is 0.306 e. The first kappa shape index (κ1) is 70.1. The van der Waals surface area contributed by atoms with Crippen molar-refractivity contribution in [3.63, 3.8) is 0 Å². The standard InChI is InChI=1S/C68H114O6/c1-4-7-10-13-16-18-20-22-24-26-28-30-32-34-36-38-40-42-44-46-48-50-52-55-58-61-67(70)73-64-65(63-72-66(69)60-57-54-15-12-9-6-3)74-68(71)62-59-56-53-51-49-47-45-43-41-39-37-35-33-31-29-27-25-23-21-19-17-14-11-8-5-2/h7-8,10-11,16-19,22-25,28-31,34,36,65H,4-6,9,12-15,20-21,26-27,32-33,35,37-64H2,1-3H3/b10-7-,11-8-,18-16-,19-17-,24-22-,25-23-,30-28-,31-29-,36-34-. The molecule has 0 saturated carbocycles. The van der Waals surface area contributed by atoms with Crippen molar-refractivity contribution in [2.45, 2.75) is 290 Å². The molecule has 0 heterocycles. The van der Waals surface area contributed by atoms with Gasteiger partial charge in [0.1, 0.15) is 13.2 Å². The van der Waals surface area contributed by atoms with Crippen molar-refractivity contribution < 1.29 is 28.6 Å². The normalized spacial score (nSPS) is 12.9. The third-order valence-corrected chi connectivity index (χ3v) is 13.0. The monoisotopic (exact) mass is 1030 g/mol. The molecule has 0 amide bonds. The molecular weight excluding hydrogens is 913 g/mol. The van der Waals surface area contributed by atoms with Crippen LogP contribution in [-0.2, 0) is 28.6 Å². The summed E-state index contributed by atoms with van der Waals surface area (Å²) in [4.78, 5) is 38.0. The molecule has 422 valence electrons. The molecule has 0 saturated heterocycles. The zero-order valence-electron chi connectivity index (χ0n) is 48.3. The first-order valence-corrected chi connectivity index (χ1v) is 30.9. The SMILES string of the molecule is CC/C=C\C/C=C\C/C=C\C/C=C\C/C=C\CCCCCCCCCCCC(=O)OCC(COC(=O)CCCCCCCC)OC(=O)CCCCCCCCCCCCCC/C=C\C/C=C\C/C=C\C/C=C\CC. The van der Waals surface area contributed by atoms with Gasteiger partial charge in [-0.25, -0.2) is 0 Å². The van der Waals surface area contributed by atoms with Crippen LogP contribution in [0.5, 0.6) is 0 Å². The fraction of sp³-hybridized carbons (Fsp3) is 0.691. The Hall–Kier alpha value is -3.93. The van der Waals surface area contributed by atoms with Crippen LogP contribution in [-0.4, -0.2) is 37.2 Å². The lowest BCUT2D eigenvalue weighted by Crippen LogP contribution is -2.30. The van der Waals surface area contributed by atoms with Gasteiger partial charge in [0.2, 0.25) is 0 Å². The van der Waals surface area contributed by atoms with Crippen molar-refractivity contribution in [1.82, 2.24) is 0 Å². The van der Waals surface area contributed by atoms with E-state index in [1.165, 1.54) is 122 Å². The molecule has 0 radical (unpaired) electrons. The van der Waals surface area contributed by atoms with E-state index in [0.717, 1.165) is 122 Å². The molecule has 0 aromatic rings. The zero-order valence-corrected chi connectivity index (χ0v) is 48.3. The van der Waals surface area contributed by atoms with E-state index in [2.05, 4.69) is 130 Å². The summed E-state index contributed by atoms with van der Waals surface area (Å²) < 4.78 is 16.8. The largest absolute Gasteiger partial charge is 0.462 e. The van der Waals surface area contributed by atoms with Gasteiger partial charge in [0.25, 0.3) is 0 Å². The van der Waals surface area contributed by atoms with Crippen LogP contribution in [0.4, 0.5) is 0 Å². The Labute approximate surface area is 457 Å². The predicted molar refractivity (Wildman–Crippen MR) is 320 cm³/mol. The highest BCUT2D eigenvalue weighted by atomic mass is 16.6. The van der Waals surface area contributed by atoms with Crippen molar-refractivity contribution in [3.8, 4) is 0 Å². The van der Waals surface area contributed by atoms with Crippen molar-refractivity contribution in [3.05, 3.63) is 109 Å². The summed E-state index contributed by atoms with van der Waals surface area (Å²) in [5.41, 5.74) is 0. The van der Waals surface area contributed by atoms with E-state index in [9.17, 15) is 14.4 Å². The van der Waals surface area contributed by atoms with E-state index in [0.29, 0.717) is 19.3 Å². The summed E-state index contributed by atoms with van der Waals surface area (Å²) in [6.07, 6.45) is 84.1. The molecule has 0 N–H and O–H groups in total. The van der Waals surface area contributed by atoms with Gasteiger partial charge in [0.05, 0.1) is 0 Å². The Morgan fingerprint density at radius 3 is 0.824 bits per heavy atom. The van der Waals surface area contributed by atoms with Gasteiger partial charge < -0.3 is 14.2 Å². The number of esters is 3. The highest BCUT2D eigenvalue weighted by molar-refractivity contribution is 5.71. The maximum atomic E-state index is 12.8. The first-order valence-electron chi connectivity index (χ1n) is 30.9. The maximum absolute atomic E-state index is 12.8. The third kappa shape index (κ3) is 59.0. The van der Waals surface area contributed by atoms with Crippen LogP contribution < -0.4 is 0 Å². The molecule has 6 nitrogen and oxygen atoms in total. The van der Waals surface area contributed by atoms with Gasteiger partial charge in [0.15, 0.2) is 6.10 Å². The van der Waals surface area contributed by atoms with E-state index >= 15 is 0 Å². The second-order valence-electron chi connectivity index (χ2n) is 20.2. The van der Waals surface area contributed by atoms with Crippen LogP contribution in [0.25, 0.3) is 0 Å². The Morgan fingerprint density at radius 2 is 0.527 bits per heavy atom. The number of carbonyl (C=O) groups excluding carboxylic acids is 3. The van der Waals surface area contributed by atoms with Gasteiger partial charge in [-0.1, -0.05) is 271 Å². The summed E-state index contributed by atoms with van der Waals surface area (Å²) in [7, 11) is 0. The summed E-state index contributed by atoms with van der Waals surface area (Å²) in [5.74, 6) is -0.894. The number of ether oxygens (including phenoxy) is 3. The molecule has 0 bridgehead atoms. The molecule has 0 aliphatic carbocycles. The molecule has 6 heteroatoms. The smallest absolute Gasteiger partial charge is 0.306 e. The number of unbranched alkanes of at least 4 members (excludes halogenated alkanes) is 26. The Morgan fingerprint density at radius 1 is 0.284 bits per heavy atom. The summed E-state index contributed by atoms with van der Waals surface area (Å²) in [5, 5.41) is 0. The van der Waals surface area contributed by atoms with Crippen molar-refractivity contribution in [1.29, 1.82) is 0 Å². The molecule has 0 aromatic carbocycles. The third-order valence-electron chi connectivity index (χ3n) is 13.0. The van der Waals surface area contributed by atoms with Crippen LogP contribution >= 0.6 is 0 Å². The second kappa shape index (κ2) is 61.6. The topological polar surface area (TPSA) is 78.9 Å². The van der Waals surface area contributed by atoms with E-state index in [1.54, 1.807) is 0 Å². The fourth-order valence-corrected chi connectivity index (χ4v) is 8.46.